The predicted molar refractivity (Wildman–Crippen MR) is 79.8 cm³/mol. The van der Waals surface area contributed by atoms with Crippen molar-refractivity contribution in [3.8, 4) is 0 Å². The summed E-state index contributed by atoms with van der Waals surface area (Å²) >= 11 is 0. The van der Waals surface area contributed by atoms with Crippen molar-refractivity contribution in [1.29, 1.82) is 0 Å². The summed E-state index contributed by atoms with van der Waals surface area (Å²) < 4.78 is 12.3. The average Bonchev–Trinajstić information content (AvgIpc) is 3.19. The van der Waals surface area contributed by atoms with Gasteiger partial charge in [0.25, 0.3) is 11.5 Å². The molecule has 0 spiro atoms. The summed E-state index contributed by atoms with van der Waals surface area (Å²) in [5.74, 6) is 0.973. The molecule has 22 heavy (non-hydrogen) atoms. The summed E-state index contributed by atoms with van der Waals surface area (Å²) in [7, 11) is 0. The summed E-state index contributed by atoms with van der Waals surface area (Å²) in [6.45, 7) is 2.36. The fourth-order valence-corrected chi connectivity index (χ4v) is 2.41. The maximum atomic E-state index is 12.0. The number of nitrogens with one attached hydrogen (secondary N) is 1. The molecule has 1 N–H and O–H groups in total. The molecule has 2 aromatic heterocycles. The monoisotopic (exact) mass is 302 g/mol. The van der Waals surface area contributed by atoms with Gasteiger partial charge in [0.05, 0.1) is 13.2 Å². The number of hydrogen-bond acceptors (Lipinski definition) is 4. The molecule has 1 fully saturated rings. The van der Waals surface area contributed by atoms with E-state index in [9.17, 15) is 9.59 Å². The normalized spacial score (nSPS) is 17.5. The smallest absolute Gasteiger partial charge is 0.287 e. The van der Waals surface area contributed by atoms with Crippen molar-refractivity contribution in [1.82, 2.24) is 9.88 Å². The Morgan fingerprint density at radius 2 is 2.23 bits per heavy atom. The quantitative estimate of drug-likeness (QED) is 0.902. The lowest BCUT2D eigenvalue weighted by molar-refractivity contribution is 0.0915. The van der Waals surface area contributed by atoms with Crippen LogP contribution in [-0.2, 0) is 11.3 Å². The number of pyridine rings is 1. The molecule has 0 aromatic carbocycles. The fraction of sp³-hybridized carbons (Fsp3) is 0.375. The third kappa shape index (κ3) is 3.46. The van der Waals surface area contributed by atoms with E-state index in [-0.39, 0.29) is 17.2 Å². The third-order valence-corrected chi connectivity index (χ3v) is 3.69. The van der Waals surface area contributed by atoms with Crippen molar-refractivity contribution in [2.45, 2.75) is 13.0 Å². The molecule has 116 valence electrons. The molecule has 1 aliphatic rings. The van der Waals surface area contributed by atoms with Gasteiger partial charge in [0.1, 0.15) is 5.76 Å². The zero-order chi connectivity index (χ0) is 15.4. The van der Waals surface area contributed by atoms with E-state index < -0.39 is 0 Å². The molecule has 1 atom stereocenters. The fourth-order valence-electron chi connectivity index (χ4n) is 2.41. The number of nitrogens with zero attached hydrogens (tertiary/aromatic N) is 1. The topological polar surface area (TPSA) is 73.5 Å². The molecule has 2 aromatic rings. The molecular formula is C16H18N2O4. The van der Waals surface area contributed by atoms with Crippen LogP contribution in [0.15, 0.2) is 45.7 Å². The lowest BCUT2D eigenvalue weighted by atomic mass is 10.1. The van der Waals surface area contributed by atoms with E-state index in [4.69, 9.17) is 9.15 Å². The lowest BCUT2D eigenvalue weighted by Crippen LogP contribution is -2.29. The number of hydrogen-bond donors (Lipinski definition) is 1. The third-order valence-electron chi connectivity index (χ3n) is 3.69. The van der Waals surface area contributed by atoms with E-state index in [2.05, 4.69) is 5.32 Å². The van der Waals surface area contributed by atoms with Crippen molar-refractivity contribution in [2.24, 2.45) is 5.92 Å². The zero-order valence-electron chi connectivity index (χ0n) is 12.2. The molecule has 1 amide bonds. The van der Waals surface area contributed by atoms with E-state index in [1.807, 2.05) is 0 Å². The summed E-state index contributed by atoms with van der Waals surface area (Å²) in [4.78, 5) is 23.7. The van der Waals surface area contributed by atoms with Crippen LogP contribution in [0.3, 0.4) is 0 Å². The Balaban J connectivity index is 1.59. The number of ether oxygens (including phenoxy) is 1. The summed E-state index contributed by atoms with van der Waals surface area (Å²) in [5.41, 5.74) is -0.105. The van der Waals surface area contributed by atoms with Crippen molar-refractivity contribution < 1.29 is 13.9 Å². The molecule has 0 saturated carbocycles. The van der Waals surface area contributed by atoms with Crippen LogP contribution < -0.4 is 10.9 Å². The molecule has 6 heteroatoms. The number of carbonyl (C=O) groups is 1. The highest BCUT2D eigenvalue weighted by molar-refractivity contribution is 5.91. The van der Waals surface area contributed by atoms with Crippen LogP contribution in [0.4, 0.5) is 0 Å². The van der Waals surface area contributed by atoms with E-state index in [1.165, 1.54) is 10.6 Å². The lowest BCUT2D eigenvalue weighted by Gasteiger charge is -2.08. The first kappa shape index (κ1) is 14.6. The zero-order valence-corrected chi connectivity index (χ0v) is 12.2. The van der Waals surface area contributed by atoms with Crippen LogP contribution in [0.1, 0.15) is 22.7 Å². The summed E-state index contributed by atoms with van der Waals surface area (Å²) in [6, 6.07) is 8.30. The molecule has 0 bridgehead atoms. The largest absolute Gasteiger partial charge is 0.454 e. The highest BCUT2D eigenvalue weighted by Crippen LogP contribution is 2.12. The SMILES string of the molecule is O=C(NC[C@H]1CCOC1)c1ccc(Cn2ccccc2=O)o1. The second-order valence-electron chi connectivity index (χ2n) is 5.37. The first-order valence-corrected chi connectivity index (χ1v) is 7.32. The maximum absolute atomic E-state index is 12.0. The van der Waals surface area contributed by atoms with Crippen molar-refractivity contribution in [3.05, 3.63) is 58.4 Å². The Hall–Kier alpha value is -2.34. The van der Waals surface area contributed by atoms with Gasteiger partial charge < -0.3 is 19.0 Å². The average molecular weight is 302 g/mol. The maximum Gasteiger partial charge on any atom is 0.287 e. The van der Waals surface area contributed by atoms with Crippen LogP contribution in [0.2, 0.25) is 0 Å². The van der Waals surface area contributed by atoms with Gasteiger partial charge in [-0.25, -0.2) is 0 Å². The minimum Gasteiger partial charge on any atom is -0.454 e. The molecule has 6 nitrogen and oxygen atoms in total. The predicted octanol–water partition coefficient (Wildman–Crippen LogP) is 1.26. The molecule has 0 aliphatic carbocycles. The van der Waals surface area contributed by atoms with Gasteiger partial charge in [-0.3, -0.25) is 9.59 Å². The van der Waals surface area contributed by atoms with Crippen LogP contribution in [0.25, 0.3) is 0 Å². The van der Waals surface area contributed by atoms with Gasteiger partial charge in [0, 0.05) is 31.3 Å². The van der Waals surface area contributed by atoms with Gasteiger partial charge in [0.2, 0.25) is 0 Å². The van der Waals surface area contributed by atoms with Crippen LogP contribution in [-0.4, -0.2) is 30.2 Å². The molecule has 1 aliphatic heterocycles. The first-order valence-electron chi connectivity index (χ1n) is 7.32. The Bertz CT molecular complexity index is 698. The van der Waals surface area contributed by atoms with Gasteiger partial charge in [-0.1, -0.05) is 6.07 Å². The summed E-state index contributed by atoms with van der Waals surface area (Å²) in [5, 5.41) is 2.85. The highest BCUT2D eigenvalue weighted by Gasteiger charge is 2.18. The number of aromatic nitrogens is 1. The highest BCUT2D eigenvalue weighted by atomic mass is 16.5. The van der Waals surface area contributed by atoms with Gasteiger partial charge >= 0.3 is 0 Å². The second-order valence-corrected chi connectivity index (χ2v) is 5.37. The number of amides is 1. The standard InChI is InChI=1S/C16H18N2O4/c19-15-3-1-2-7-18(15)10-13-4-5-14(22-13)16(20)17-9-12-6-8-21-11-12/h1-5,7,12H,6,8-11H2,(H,17,20)/t12-/m1/s1. The first-order chi connectivity index (χ1) is 10.7. The van der Waals surface area contributed by atoms with Gasteiger partial charge in [0.15, 0.2) is 5.76 Å². The molecule has 1 saturated heterocycles. The number of furan rings is 1. The van der Waals surface area contributed by atoms with E-state index in [0.29, 0.717) is 31.4 Å². The van der Waals surface area contributed by atoms with E-state index in [1.54, 1.807) is 30.5 Å². The van der Waals surface area contributed by atoms with Crippen LogP contribution >= 0.6 is 0 Å². The number of carbonyl (C=O) groups excluding carboxylic acids is 1. The van der Waals surface area contributed by atoms with Crippen molar-refractivity contribution in [3.63, 3.8) is 0 Å². The summed E-state index contributed by atoms with van der Waals surface area (Å²) in [6.07, 6.45) is 2.66. The van der Waals surface area contributed by atoms with Crippen molar-refractivity contribution in [2.75, 3.05) is 19.8 Å². The molecule has 0 unspecified atom stereocenters. The van der Waals surface area contributed by atoms with Crippen LogP contribution in [0.5, 0.6) is 0 Å². The van der Waals surface area contributed by atoms with Crippen LogP contribution in [0, 0.1) is 5.92 Å². The molecule has 3 rings (SSSR count). The Morgan fingerprint density at radius 1 is 1.32 bits per heavy atom. The van der Waals surface area contributed by atoms with Crippen molar-refractivity contribution >= 4 is 5.91 Å². The van der Waals surface area contributed by atoms with Gasteiger partial charge in [-0.15, -0.1) is 0 Å². The minimum absolute atomic E-state index is 0.105. The molecule has 3 heterocycles. The Kier molecular flexibility index (Phi) is 4.39. The van der Waals surface area contributed by atoms with E-state index in [0.717, 1.165) is 13.0 Å². The molecular weight excluding hydrogens is 284 g/mol. The minimum atomic E-state index is -0.237. The van der Waals surface area contributed by atoms with Gasteiger partial charge in [-0.2, -0.15) is 0 Å². The second kappa shape index (κ2) is 6.62. The van der Waals surface area contributed by atoms with Gasteiger partial charge in [-0.05, 0) is 24.6 Å². The van der Waals surface area contributed by atoms with E-state index >= 15 is 0 Å². The molecule has 0 radical (unpaired) electrons. The Labute approximate surface area is 127 Å². The Morgan fingerprint density at radius 3 is 3.00 bits per heavy atom. The number of rotatable bonds is 5.